The van der Waals surface area contributed by atoms with Crippen molar-refractivity contribution < 1.29 is 8.60 Å². The van der Waals surface area contributed by atoms with Crippen LogP contribution < -0.4 is 0 Å². The minimum absolute atomic E-state index is 0. The molecule has 0 saturated heterocycles. The van der Waals surface area contributed by atoms with Crippen molar-refractivity contribution in [2.24, 2.45) is 4.40 Å². The van der Waals surface area contributed by atoms with Crippen LogP contribution in [0.2, 0.25) is 0 Å². The Morgan fingerprint density at radius 3 is 2.37 bits per heavy atom. The standard InChI is InChI=1S/C14H20FNOS.H2S/c1-6-13(16-18(17)14(3,4)5)11-7-8-12(15)10(2)9-11;/h7-9H,6H2,1-5H3;1H2. The van der Waals surface area contributed by atoms with Crippen molar-refractivity contribution >= 4 is 30.2 Å². The summed E-state index contributed by atoms with van der Waals surface area (Å²) < 4.78 is 29.1. The summed E-state index contributed by atoms with van der Waals surface area (Å²) in [5, 5.41) is 0. The number of halogens is 1. The summed E-state index contributed by atoms with van der Waals surface area (Å²) in [4.78, 5) is 0. The molecule has 0 bridgehead atoms. The Kier molecular flexibility index (Phi) is 6.94. The fraction of sp³-hybridized carbons (Fsp3) is 0.500. The molecule has 1 unspecified atom stereocenters. The number of rotatable bonds is 3. The summed E-state index contributed by atoms with van der Waals surface area (Å²) >= 11 is 0. The van der Waals surface area contributed by atoms with Gasteiger partial charge in [-0.15, -0.1) is 0 Å². The fourth-order valence-corrected chi connectivity index (χ4v) is 2.09. The van der Waals surface area contributed by atoms with Crippen LogP contribution in [0.4, 0.5) is 4.39 Å². The van der Waals surface area contributed by atoms with Crippen molar-refractivity contribution in [3.8, 4) is 0 Å². The highest BCUT2D eigenvalue weighted by Gasteiger charge is 2.19. The average Bonchev–Trinajstić information content (AvgIpc) is 2.28. The van der Waals surface area contributed by atoms with Crippen molar-refractivity contribution in [1.29, 1.82) is 0 Å². The Bertz CT molecular complexity index is 493. The molecular formula is C14H22FNOS2. The van der Waals surface area contributed by atoms with Crippen LogP contribution in [0, 0.1) is 12.7 Å². The van der Waals surface area contributed by atoms with Crippen molar-refractivity contribution in [2.75, 3.05) is 0 Å². The first-order chi connectivity index (χ1) is 8.25. The second-order valence-electron chi connectivity index (χ2n) is 5.22. The summed E-state index contributed by atoms with van der Waals surface area (Å²) in [5.74, 6) is -0.230. The van der Waals surface area contributed by atoms with Crippen LogP contribution in [0.3, 0.4) is 0 Å². The normalized spacial score (nSPS) is 13.9. The first-order valence-electron chi connectivity index (χ1n) is 6.01. The summed E-state index contributed by atoms with van der Waals surface area (Å²) in [5.41, 5.74) is 2.18. The molecule has 19 heavy (non-hydrogen) atoms. The second kappa shape index (κ2) is 7.20. The Hall–Kier alpha value is -0.680. The lowest BCUT2D eigenvalue weighted by Crippen LogP contribution is -2.21. The van der Waals surface area contributed by atoms with E-state index in [2.05, 4.69) is 4.40 Å². The van der Waals surface area contributed by atoms with Gasteiger partial charge >= 0.3 is 0 Å². The third-order valence-electron chi connectivity index (χ3n) is 2.54. The van der Waals surface area contributed by atoms with Crippen molar-refractivity contribution in [3.05, 3.63) is 35.1 Å². The van der Waals surface area contributed by atoms with Crippen LogP contribution in [0.5, 0.6) is 0 Å². The summed E-state index contributed by atoms with van der Waals surface area (Å²) in [6, 6.07) is 4.86. The molecule has 5 heteroatoms. The summed E-state index contributed by atoms with van der Waals surface area (Å²) in [6.07, 6.45) is 0.674. The van der Waals surface area contributed by atoms with Gasteiger partial charge in [-0.25, -0.2) is 8.60 Å². The van der Waals surface area contributed by atoms with E-state index in [1.165, 1.54) is 6.07 Å². The van der Waals surface area contributed by atoms with Crippen LogP contribution in [0.15, 0.2) is 22.6 Å². The first kappa shape index (κ1) is 18.3. The van der Waals surface area contributed by atoms with Crippen LogP contribution in [0.1, 0.15) is 45.2 Å². The number of hydrogen-bond acceptors (Lipinski definition) is 1. The van der Waals surface area contributed by atoms with E-state index in [0.717, 1.165) is 11.3 Å². The Morgan fingerprint density at radius 1 is 1.37 bits per heavy atom. The molecule has 1 atom stereocenters. The molecule has 0 fully saturated rings. The lowest BCUT2D eigenvalue weighted by Gasteiger charge is -2.15. The van der Waals surface area contributed by atoms with Crippen LogP contribution in [0.25, 0.3) is 0 Å². The molecule has 1 aromatic carbocycles. The SMILES string of the molecule is CCC(=NS(=O)C(C)(C)C)c1ccc(F)c(C)c1.S. The topological polar surface area (TPSA) is 29.4 Å². The Labute approximate surface area is 124 Å². The molecule has 2 nitrogen and oxygen atoms in total. The number of hydrogen-bond donors (Lipinski definition) is 0. The Balaban J connectivity index is 0.00000324. The molecule has 0 aromatic heterocycles. The van der Waals surface area contributed by atoms with E-state index in [1.54, 1.807) is 19.1 Å². The van der Waals surface area contributed by atoms with Gasteiger partial charge in [-0.05, 0) is 57.4 Å². The fourth-order valence-electron chi connectivity index (χ4n) is 1.38. The van der Waals surface area contributed by atoms with Gasteiger partial charge in [-0.3, -0.25) is 0 Å². The monoisotopic (exact) mass is 303 g/mol. The van der Waals surface area contributed by atoms with Gasteiger partial charge in [0.1, 0.15) is 16.8 Å². The third kappa shape index (κ3) is 5.07. The van der Waals surface area contributed by atoms with E-state index in [1.807, 2.05) is 27.7 Å². The van der Waals surface area contributed by atoms with Gasteiger partial charge in [0.05, 0.1) is 10.5 Å². The lowest BCUT2D eigenvalue weighted by atomic mass is 10.1. The van der Waals surface area contributed by atoms with Crippen LogP contribution in [-0.4, -0.2) is 14.7 Å². The van der Waals surface area contributed by atoms with Gasteiger partial charge in [0.15, 0.2) is 0 Å². The lowest BCUT2D eigenvalue weighted by molar-refractivity contribution is 0.618. The molecule has 0 N–H and O–H groups in total. The van der Waals surface area contributed by atoms with Crippen LogP contribution in [-0.2, 0) is 11.0 Å². The maximum absolute atomic E-state index is 13.2. The molecule has 108 valence electrons. The van der Waals surface area contributed by atoms with Crippen molar-refractivity contribution in [3.63, 3.8) is 0 Å². The molecule has 0 aliphatic heterocycles. The highest BCUT2D eigenvalue weighted by Crippen LogP contribution is 2.16. The predicted molar refractivity (Wildman–Crippen MR) is 86.2 cm³/mol. The summed E-state index contributed by atoms with van der Waals surface area (Å²) in [6.45, 7) is 9.33. The van der Waals surface area contributed by atoms with Gasteiger partial charge in [0.2, 0.25) is 0 Å². The number of benzene rings is 1. The zero-order valence-electron chi connectivity index (χ0n) is 12.1. The number of nitrogens with zero attached hydrogens (tertiary/aromatic N) is 1. The minimum atomic E-state index is -1.29. The first-order valence-corrected chi connectivity index (χ1v) is 7.12. The smallest absolute Gasteiger partial charge is 0.145 e. The third-order valence-corrected chi connectivity index (χ3v) is 3.98. The molecule has 0 aliphatic rings. The molecule has 0 aliphatic carbocycles. The molecule has 1 rings (SSSR count). The van der Waals surface area contributed by atoms with Crippen molar-refractivity contribution in [2.45, 2.75) is 45.8 Å². The van der Waals surface area contributed by atoms with Gasteiger partial charge in [-0.1, -0.05) is 13.0 Å². The molecule has 0 amide bonds. The minimum Gasteiger partial charge on any atom is -0.234 e. The molecule has 0 heterocycles. The molecule has 0 saturated carbocycles. The highest BCUT2D eigenvalue weighted by molar-refractivity contribution is 7.85. The van der Waals surface area contributed by atoms with E-state index in [4.69, 9.17) is 0 Å². The maximum Gasteiger partial charge on any atom is 0.145 e. The van der Waals surface area contributed by atoms with E-state index < -0.39 is 11.0 Å². The molecule has 1 aromatic rings. The highest BCUT2D eigenvalue weighted by atomic mass is 32.2. The van der Waals surface area contributed by atoms with E-state index in [9.17, 15) is 8.60 Å². The molecule has 0 radical (unpaired) electrons. The largest absolute Gasteiger partial charge is 0.234 e. The Morgan fingerprint density at radius 2 is 1.95 bits per heavy atom. The summed E-state index contributed by atoms with van der Waals surface area (Å²) in [7, 11) is -1.29. The van der Waals surface area contributed by atoms with Gasteiger partial charge < -0.3 is 0 Å². The zero-order chi connectivity index (χ0) is 13.9. The molecule has 0 spiro atoms. The molecular weight excluding hydrogens is 281 g/mol. The van der Waals surface area contributed by atoms with E-state index >= 15 is 0 Å². The van der Waals surface area contributed by atoms with Gasteiger partial charge in [-0.2, -0.15) is 17.9 Å². The van der Waals surface area contributed by atoms with Crippen LogP contribution >= 0.6 is 13.5 Å². The van der Waals surface area contributed by atoms with Crippen molar-refractivity contribution in [1.82, 2.24) is 0 Å². The maximum atomic E-state index is 13.2. The second-order valence-corrected chi connectivity index (χ2v) is 7.12. The van der Waals surface area contributed by atoms with E-state index in [0.29, 0.717) is 12.0 Å². The van der Waals surface area contributed by atoms with E-state index in [-0.39, 0.29) is 24.1 Å². The van der Waals surface area contributed by atoms with Gasteiger partial charge in [0.25, 0.3) is 0 Å². The average molecular weight is 303 g/mol. The quantitative estimate of drug-likeness (QED) is 0.779. The number of aryl methyl sites for hydroxylation is 1. The van der Waals surface area contributed by atoms with Gasteiger partial charge in [0, 0.05) is 0 Å². The zero-order valence-corrected chi connectivity index (χ0v) is 13.9. The predicted octanol–water partition coefficient (Wildman–Crippen LogP) is 3.91.